The maximum absolute atomic E-state index is 12.4. The first-order valence-corrected chi connectivity index (χ1v) is 9.27. The van der Waals surface area contributed by atoms with Gasteiger partial charge in [0, 0.05) is 0 Å². The highest BCUT2D eigenvalue weighted by Crippen LogP contribution is 2.27. The van der Waals surface area contributed by atoms with Gasteiger partial charge in [-0.1, -0.05) is 42.2 Å². The molecule has 0 atom stereocenters. The Bertz CT molecular complexity index is 710. The molecule has 0 aliphatic rings. The molecule has 1 N–H and O–H groups in total. The lowest BCUT2D eigenvalue weighted by atomic mass is 10.2. The van der Waals surface area contributed by atoms with E-state index in [0.717, 1.165) is 15.7 Å². The van der Waals surface area contributed by atoms with Crippen LogP contribution in [0.5, 0.6) is 0 Å². The van der Waals surface area contributed by atoms with Crippen LogP contribution in [0.1, 0.15) is 18.1 Å². The Morgan fingerprint density at radius 1 is 1.30 bits per heavy atom. The van der Waals surface area contributed by atoms with Crippen molar-refractivity contribution in [2.75, 3.05) is 10.5 Å². The van der Waals surface area contributed by atoms with Gasteiger partial charge in [0.15, 0.2) is 4.34 Å². The number of rotatable bonds is 5. The number of anilines is 1. The monoisotopic (exact) mass is 329 g/mol. The third-order valence-corrected chi connectivity index (χ3v) is 5.99. The number of benzene rings is 1. The van der Waals surface area contributed by atoms with Crippen molar-refractivity contribution in [3.8, 4) is 0 Å². The Hall–Kier alpha value is -1.12. The van der Waals surface area contributed by atoms with Crippen LogP contribution in [0.15, 0.2) is 27.4 Å². The van der Waals surface area contributed by atoms with Gasteiger partial charge in [0.1, 0.15) is 0 Å². The quantitative estimate of drug-likeness (QED) is 0.854. The molecule has 20 heavy (non-hydrogen) atoms. The first-order chi connectivity index (χ1) is 9.42. The van der Waals surface area contributed by atoms with E-state index in [1.807, 2.05) is 19.9 Å². The maximum atomic E-state index is 12.4. The second-order valence-corrected chi connectivity index (χ2v) is 8.32. The van der Waals surface area contributed by atoms with E-state index in [1.165, 1.54) is 23.1 Å². The lowest BCUT2D eigenvalue weighted by Gasteiger charge is -2.08. The van der Waals surface area contributed by atoms with E-state index in [2.05, 4.69) is 14.9 Å². The minimum Gasteiger partial charge on any atom is -0.253 e. The zero-order valence-electron chi connectivity index (χ0n) is 11.4. The number of sulfonamides is 1. The van der Waals surface area contributed by atoms with Gasteiger partial charge in [-0.05, 0) is 36.8 Å². The Morgan fingerprint density at radius 2 is 2.05 bits per heavy atom. The topological polar surface area (TPSA) is 72.0 Å². The number of aromatic nitrogens is 2. The average molecular weight is 329 g/mol. The zero-order chi connectivity index (χ0) is 14.8. The fourth-order valence-electron chi connectivity index (χ4n) is 1.60. The molecule has 8 heteroatoms. The summed E-state index contributed by atoms with van der Waals surface area (Å²) in [6, 6.07) is 5.33. The maximum Gasteiger partial charge on any atom is 0.263 e. The molecule has 0 spiro atoms. The lowest BCUT2D eigenvalue weighted by molar-refractivity contribution is 0.600. The predicted octanol–water partition coefficient (Wildman–Crippen LogP) is 3.07. The summed E-state index contributed by atoms with van der Waals surface area (Å²) < 4.78 is 28.0. The van der Waals surface area contributed by atoms with Crippen molar-refractivity contribution in [1.82, 2.24) is 10.2 Å². The molecule has 0 saturated heterocycles. The first kappa shape index (κ1) is 15.3. The van der Waals surface area contributed by atoms with Crippen LogP contribution in [-0.2, 0) is 10.0 Å². The molecule has 2 rings (SSSR count). The van der Waals surface area contributed by atoms with Crippen LogP contribution in [0.25, 0.3) is 0 Å². The van der Waals surface area contributed by atoms with Crippen molar-refractivity contribution in [2.45, 2.75) is 30.0 Å². The van der Waals surface area contributed by atoms with E-state index < -0.39 is 10.0 Å². The Balaban J connectivity index is 2.28. The average Bonchev–Trinajstić information content (AvgIpc) is 2.79. The number of aryl methyl sites for hydroxylation is 2. The summed E-state index contributed by atoms with van der Waals surface area (Å²) in [6.07, 6.45) is 0. The summed E-state index contributed by atoms with van der Waals surface area (Å²) >= 11 is 2.77. The number of hydrogen-bond acceptors (Lipinski definition) is 6. The standard InChI is InChI=1S/C12H15N3O2S3/c1-4-18-12-14-13-11(19-12)15-20(16,17)10-7-8(2)5-6-9(10)3/h5-7H,4H2,1-3H3,(H,13,15). The molecule has 0 saturated carbocycles. The van der Waals surface area contributed by atoms with Gasteiger partial charge in [-0.2, -0.15) is 0 Å². The van der Waals surface area contributed by atoms with Crippen LogP contribution in [0.2, 0.25) is 0 Å². The second kappa shape index (κ2) is 6.11. The van der Waals surface area contributed by atoms with Crippen molar-refractivity contribution < 1.29 is 8.42 Å². The number of nitrogens with zero attached hydrogens (tertiary/aromatic N) is 2. The molecule has 0 amide bonds. The largest absolute Gasteiger partial charge is 0.263 e. The van der Waals surface area contributed by atoms with Crippen LogP contribution < -0.4 is 4.72 Å². The molecule has 0 radical (unpaired) electrons. The van der Waals surface area contributed by atoms with Crippen LogP contribution in [0.4, 0.5) is 5.13 Å². The van der Waals surface area contributed by atoms with E-state index in [4.69, 9.17) is 0 Å². The van der Waals surface area contributed by atoms with E-state index in [-0.39, 0.29) is 4.90 Å². The molecule has 5 nitrogen and oxygen atoms in total. The molecule has 2 aromatic rings. The van der Waals surface area contributed by atoms with Gasteiger partial charge in [0.05, 0.1) is 4.90 Å². The molecule has 1 aromatic heterocycles. The van der Waals surface area contributed by atoms with E-state index in [0.29, 0.717) is 10.7 Å². The lowest BCUT2D eigenvalue weighted by Crippen LogP contribution is -2.14. The smallest absolute Gasteiger partial charge is 0.253 e. The minimum atomic E-state index is -3.62. The molecule has 1 aromatic carbocycles. The Labute approximate surface area is 126 Å². The highest BCUT2D eigenvalue weighted by molar-refractivity contribution is 8.01. The predicted molar refractivity (Wildman–Crippen MR) is 83.0 cm³/mol. The van der Waals surface area contributed by atoms with Gasteiger partial charge in [-0.25, -0.2) is 8.42 Å². The summed E-state index contributed by atoms with van der Waals surface area (Å²) in [4.78, 5) is 0.275. The fourth-order valence-corrected chi connectivity index (χ4v) is 4.81. The summed E-state index contributed by atoms with van der Waals surface area (Å²) in [5.74, 6) is 0.873. The van der Waals surface area contributed by atoms with Crippen molar-refractivity contribution in [3.63, 3.8) is 0 Å². The molecule has 0 bridgehead atoms. The highest BCUT2D eigenvalue weighted by Gasteiger charge is 2.19. The number of hydrogen-bond donors (Lipinski definition) is 1. The van der Waals surface area contributed by atoms with Crippen molar-refractivity contribution in [1.29, 1.82) is 0 Å². The molecular formula is C12H15N3O2S3. The van der Waals surface area contributed by atoms with Gasteiger partial charge in [0.2, 0.25) is 5.13 Å². The number of nitrogens with one attached hydrogen (secondary N) is 1. The van der Waals surface area contributed by atoms with Crippen LogP contribution in [0.3, 0.4) is 0 Å². The molecule has 1 heterocycles. The summed E-state index contributed by atoms with van der Waals surface area (Å²) in [5, 5.41) is 8.08. The molecule has 0 aliphatic heterocycles. The molecule has 0 unspecified atom stereocenters. The highest BCUT2D eigenvalue weighted by atomic mass is 32.2. The molecule has 0 aliphatic carbocycles. The third kappa shape index (κ3) is 3.50. The third-order valence-electron chi connectivity index (χ3n) is 2.53. The summed E-state index contributed by atoms with van der Waals surface area (Å²) in [5.41, 5.74) is 1.60. The van der Waals surface area contributed by atoms with Crippen molar-refractivity contribution in [3.05, 3.63) is 29.3 Å². The molecule has 108 valence electrons. The van der Waals surface area contributed by atoms with Gasteiger partial charge < -0.3 is 0 Å². The van der Waals surface area contributed by atoms with Gasteiger partial charge in [0.25, 0.3) is 10.0 Å². The van der Waals surface area contributed by atoms with E-state index >= 15 is 0 Å². The normalized spacial score (nSPS) is 11.6. The fraction of sp³-hybridized carbons (Fsp3) is 0.333. The number of thioether (sulfide) groups is 1. The van der Waals surface area contributed by atoms with Crippen LogP contribution in [-0.4, -0.2) is 24.4 Å². The van der Waals surface area contributed by atoms with Crippen molar-refractivity contribution in [2.24, 2.45) is 0 Å². The summed E-state index contributed by atoms with van der Waals surface area (Å²) in [6.45, 7) is 5.64. The van der Waals surface area contributed by atoms with Crippen LogP contribution >= 0.6 is 23.1 Å². The zero-order valence-corrected chi connectivity index (χ0v) is 13.8. The van der Waals surface area contributed by atoms with Gasteiger partial charge in [-0.15, -0.1) is 10.2 Å². The summed E-state index contributed by atoms with van der Waals surface area (Å²) in [7, 11) is -3.62. The minimum absolute atomic E-state index is 0.275. The molecular weight excluding hydrogens is 314 g/mol. The first-order valence-electron chi connectivity index (χ1n) is 5.98. The van der Waals surface area contributed by atoms with Gasteiger partial charge >= 0.3 is 0 Å². The Kier molecular flexibility index (Phi) is 4.66. The van der Waals surface area contributed by atoms with E-state index in [1.54, 1.807) is 19.1 Å². The second-order valence-electron chi connectivity index (χ2n) is 4.18. The van der Waals surface area contributed by atoms with Crippen LogP contribution in [0, 0.1) is 13.8 Å². The van der Waals surface area contributed by atoms with E-state index in [9.17, 15) is 8.42 Å². The van der Waals surface area contributed by atoms with Crippen molar-refractivity contribution >= 4 is 38.3 Å². The Morgan fingerprint density at radius 3 is 2.75 bits per heavy atom. The van der Waals surface area contributed by atoms with Gasteiger partial charge in [-0.3, -0.25) is 4.72 Å². The molecule has 0 fully saturated rings. The SMILES string of the molecule is CCSc1nnc(NS(=O)(=O)c2cc(C)ccc2C)s1.